The number of ketones is 1. The molecule has 0 bridgehead atoms. The van der Waals surface area contributed by atoms with Crippen LogP contribution in [0, 0.1) is 0 Å². The highest BCUT2D eigenvalue weighted by Gasteiger charge is 2.10. The Hall–Kier alpha value is -0.413. The maximum absolute atomic E-state index is 11.1. The maximum Gasteiger partial charge on any atom is 0.181 e. The van der Waals surface area contributed by atoms with Crippen LogP contribution in [0.4, 0.5) is 0 Å². The standard InChI is InChI=1S/C8H16O2Si/c1-5-10-11(4)6-8(9)7(2)3/h11H,2,5-6H2,1,3-4H3. The molecule has 11 heavy (non-hydrogen) atoms. The second kappa shape index (κ2) is 5.27. The summed E-state index contributed by atoms with van der Waals surface area (Å²) in [4.78, 5) is 11.1. The normalized spacial score (nSPS) is 12.6. The van der Waals surface area contributed by atoms with Crippen LogP contribution in [0.15, 0.2) is 12.2 Å². The van der Waals surface area contributed by atoms with Gasteiger partial charge in [0.05, 0.1) is 0 Å². The molecule has 0 spiro atoms. The van der Waals surface area contributed by atoms with Crippen LogP contribution in [0.25, 0.3) is 0 Å². The molecule has 3 heteroatoms. The monoisotopic (exact) mass is 172 g/mol. The van der Waals surface area contributed by atoms with Crippen molar-refractivity contribution in [3.63, 3.8) is 0 Å². The molecule has 0 aliphatic heterocycles. The summed E-state index contributed by atoms with van der Waals surface area (Å²) in [5.74, 6) is 0.151. The lowest BCUT2D eigenvalue weighted by Gasteiger charge is -2.07. The van der Waals surface area contributed by atoms with Crippen LogP contribution in [0.1, 0.15) is 13.8 Å². The van der Waals surface area contributed by atoms with Crippen molar-refractivity contribution in [3.8, 4) is 0 Å². The van der Waals surface area contributed by atoms with Crippen LogP contribution in [0.3, 0.4) is 0 Å². The Labute approximate surface area is 70.0 Å². The summed E-state index contributed by atoms with van der Waals surface area (Å²) in [5, 5.41) is 0. The van der Waals surface area contributed by atoms with Crippen molar-refractivity contribution in [2.75, 3.05) is 6.61 Å². The first-order valence-corrected chi connectivity index (χ1v) is 6.32. The number of carbonyl (C=O) groups is 1. The van der Waals surface area contributed by atoms with E-state index in [0.29, 0.717) is 11.6 Å². The van der Waals surface area contributed by atoms with E-state index >= 15 is 0 Å². The van der Waals surface area contributed by atoms with E-state index < -0.39 is 9.04 Å². The lowest BCUT2D eigenvalue weighted by molar-refractivity contribution is -0.113. The summed E-state index contributed by atoms with van der Waals surface area (Å²) < 4.78 is 5.34. The van der Waals surface area contributed by atoms with Crippen LogP contribution in [0.5, 0.6) is 0 Å². The molecule has 0 aliphatic carbocycles. The quantitative estimate of drug-likeness (QED) is 0.464. The van der Waals surface area contributed by atoms with Crippen molar-refractivity contribution >= 4 is 14.8 Å². The summed E-state index contributed by atoms with van der Waals surface area (Å²) in [6.07, 6.45) is 0. The summed E-state index contributed by atoms with van der Waals surface area (Å²) in [5.41, 5.74) is 0.643. The zero-order chi connectivity index (χ0) is 8.85. The minimum absolute atomic E-state index is 0.151. The van der Waals surface area contributed by atoms with Crippen molar-refractivity contribution in [1.29, 1.82) is 0 Å². The van der Waals surface area contributed by atoms with Crippen LogP contribution in [-0.2, 0) is 9.22 Å². The molecule has 0 heterocycles. The van der Waals surface area contributed by atoms with E-state index in [4.69, 9.17) is 4.43 Å². The molecule has 0 fully saturated rings. The molecular formula is C8H16O2Si. The van der Waals surface area contributed by atoms with E-state index in [1.165, 1.54) is 0 Å². The lowest BCUT2D eigenvalue weighted by atomic mass is 10.2. The predicted molar refractivity (Wildman–Crippen MR) is 49.3 cm³/mol. The molecule has 1 unspecified atom stereocenters. The maximum atomic E-state index is 11.1. The van der Waals surface area contributed by atoms with E-state index in [1.807, 2.05) is 13.5 Å². The zero-order valence-corrected chi connectivity index (χ0v) is 8.67. The Morgan fingerprint density at radius 3 is 2.55 bits per heavy atom. The summed E-state index contributed by atoms with van der Waals surface area (Å²) in [6.45, 7) is 10.0. The van der Waals surface area contributed by atoms with Gasteiger partial charge in [-0.3, -0.25) is 4.79 Å². The average molecular weight is 172 g/mol. The summed E-state index contributed by atoms with van der Waals surface area (Å²) in [6, 6.07) is 0.586. The van der Waals surface area contributed by atoms with Crippen LogP contribution < -0.4 is 0 Å². The number of carbonyl (C=O) groups excluding carboxylic acids is 1. The second-order valence-electron chi connectivity index (χ2n) is 2.67. The largest absolute Gasteiger partial charge is 0.420 e. The van der Waals surface area contributed by atoms with Gasteiger partial charge >= 0.3 is 0 Å². The Balaban J connectivity index is 3.66. The Morgan fingerprint density at radius 2 is 2.18 bits per heavy atom. The molecule has 0 aliphatic rings. The van der Waals surface area contributed by atoms with Gasteiger partial charge in [0.15, 0.2) is 14.8 Å². The molecule has 0 saturated heterocycles. The third kappa shape index (κ3) is 4.92. The Kier molecular flexibility index (Phi) is 5.07. The number of hydrogen-bond donors (Lipinski definition) is 0. The molecule has 2 nitrogen and oxygen atoms in total. The summed E-state index contributed by atoms with van der Waals surface area (Å²) >= 11 is 0. The van der Waals surface area contributed by atoms with Gasteiger partial charge in [-0.2, -0.15) is 0 Å². The van der Waals surface area contributed by atoms with Gasteiger partial charge in [-0.15, -0.1) is 0 Å². The van der Waals surface area contributed by atoms with Gasteiger partial charge in [-0.05, 0) is 26.0 Å². The van der Waals surface area contributed by atoms with E-state index in [0.717, 1.165) is 6.61 Å². The van der Waals surface area contributed by atoms with Gasteiger partial charge in [0.2, 0.25) is 0 Å². The Bertz CT molecular complexity index is 154. The van der Waals surface area contributed by atoms with Gasteiger partial charge in [0.1, 0.15) is 0 Å². The SMILES string of the molecule is C=C(C)C(=O)C[SiH](C)OCC. The van der Waals surface area contributed by atoms with Crippen LogP contribution >= 0.6 is 0 Å². The molecular weight excluding hydrogens is 156 g/mol. The van der Waals surface area contributed by atoms with Gasteiger partial charge in [0, 0.05) is 12.7 Å². The second-order valence-corrected chi connectivity index (χ2v) is 5.04. The molecule has 64 valence electrons. The minimum Gasteiger partial charge on any atom is -0.420 e. The van der Waals surface area contributed by atoms with Crippen molar-refractivity contribution in [2.45, 2.75) is 26.4 Å². The van der Waals surface area contributed by atoms with E-state index in [-0.39, 0.29) is 5.78 Å². The fourth-order valence-electron chi connectivity index (χ4n) is 0.779. The molecule has 0 aromatic rings. The topological polar surface area (TPSA) is 26.3 Å². The lowest BCUT2D eigenvalue weighted by Crippen LogP contribution is -2.18. The van der Waals surface area contributed by atoms with E-state index in [2.05, 4.69) is 6.58 Å². The first kappa shape index (κ1) is 10.6. The first-order chi connectivity index (χ1) is 5.07. The third-order valence-electron chi connectivity index (χ3n) is 1.40. The summed E-state index contributed by atoms with van der Waals surface area (Å²) in [7, 11) is -1.23. The number of Topliss-reactive ketones (excluding diaryl/α,β-unsaturated/α-hetero) is 1. The predicted octanol–water partition coefficient (Wildman–Crippen LogP) is 1.52. The fourth-order valence-corrected chi connectivity index (χ4v) is 2.34. The molecule has 0 N–H and O–H groups in total. The number of hydrogen-bond acceptors (Lipinski definition) is 2. The number of allylic oxidation sites excluding steroid dienone is 1. The van der Waals surface area contributed by atoms with Crippen molar-refractivity contribution in [2.24, 2.45) is 0 Å². The highest BCUT2D eigenvalue weighted by Crippen LogP contribution is 2.01. The molecule has 0 aromatic heterocycles. The van der Waals surface area contributed by atoms with Gasteiger partial charge < -0.3 is 4.43 Å². The molecule has 0 saturated carbocycles. The third-order valence-corrected chi connectivity index (χ3v) is 3.25. The molecule has 0 amide bonds. The minimum atomic E-state index is -1.23. The molecule has 0 aromatic carbocycles. The van der Waals surface area contributed by atoms with Crippen LogP contribution in [0.2, 0.25) is 12.6 Å². The fraction of sp³-hybridized carbons (Fsp3) is 0.625. The van der Waals surface area contributed by atoms with Crippen molar-refractivity contribution < 1.29 is 9.22 Å². The van der Waals surface area contributed by atoms with Gasteiger partial charge in [0.25, 0.3) is 0 Å². The van der Waals surface area contributed by atoms with E-state index in [9.17, 15) is 4.79 Å². The van der Waals surface area contributed by atoms with E-state index in [1.54, 1.807) is 6.92 Å². The van der Waals surface area contributed by atoms with Crippen LogP contribution in [-0.4, -0.2) is 21.4 Å². The zero-order valence-electron chi connectivity index (χ0n) is 7.52. The molecule has 0 radical (unpaired) electrons. The molecule has 0 rings (SSSR count). The van der Waals surface area contributed by atoms with Crippen molar-refractivity contribution in [3.05, 3.63) is 12.2 Å². The van der Waals surface area contributed by atoms with Crippen molar-refractivity contribution in [1.82, 2.24) is 0 Å². The molecule has 1 atom stereocenters. The Morgan fingerprint density at radius 1 is 1.64 bits per heavy atom. The van der Waals surface area contributed by atoms with Gasteiger partial charge in [-0.1, -0.05) is 6.58 Å². The average Bonchev–Trinajstić information content (AvgIpc) is 1.87. The highest BCUT2D eigenvalue weighted by atomic mass is 28.3. The highest BCUT2D eigenvalue weighted by molar-refractivity contribution is 6.55. The smallest absolute Gasteiger partial charge is 0.181 e. The first-order valence-electron chi connectivity index (χ1n) is 3.88. The number of rotatable bonds is 5. The van der Waals surface area contributed by atoms with Gasteiger partial charge in [-0.25, -0.2) is 0 Å².